The lowest BCUT2D eigenvalue weighted by molar-refractivity contribution is -0.143. The van der Waals surface area contributed by atoms with E-state index >= 15 is 0 Å². The maximum atomic E-state index is 14.2. The van der Waals surface area contributed by atoms with Crippen LogP contribution in [0.1, 0.15) is 48.1 Å². The normalized spacial score (nSPS) is 20.8. The third kappa shape index (κ3) is 4.57. The second-order valence-electron chi connectivity index (χ2n) is 8.71. The largest absolute Gasteiger partial charge is 0.381 e. The lowest BCUT2D eigenvalue weighted by atomic mass is 9.72. The Morgan fingerprint density at radius 3 is 2.53 bits per heavy atom. The quantitative estimate of drug-likeness (QED) is 0.726. The molecule has 1 unspecified atom stereocenters. The molecule has 0 N–H and O–H groups in total. The van der Waals surface area contributed by atoms with E-state index in [1.165, 1.54) is 11.1 Å². The molecule has 2 aromatic rings. The van der Waals surface area contributed by atoms with Crippen LogP contribution in [-0.4, -0.2) is 48.3 Å². The van der Waals surface area contributed by atoms with E-state index in [0.29, 0.717) is 39.1 Å². The summed E-state index contributed by atoms with van der Waals surface area (Å²) in [5, 5.41) is 0. The molecule has 2 aliphatic rings. The fraction of sp³-hybridized carbons (Fsp3) is 0.520. The molecular formula is C25H32N2O3. The molecule has 0 radical (unpaired) electrons. The molecule has 2 aliphatic heterocycles. The van der Waals surface area contributed by atoms with E-state index in [9.17, 15) is 4.79 Å². The van der Waals surface area contributed by atoms with Gasteiger partial charge in [-0.1, -0.05) is 35.4 Å². The van der Waals surface area contributed by atoms with Crippen LogP contribution in [-0.2, 0) is 26.2 Å². The maximum Gasteiger partial charge on any atom is 0.233 e. The molecule has 5 nitrogen and oxygen atoms in total. The monoisotopic (exact) mass is 408 g/mol. The van der Waals surface area contributed by atoms with Gasteiger partial charge in [-0.2, -0.15) is 0 Å². The van der Waals surface area contributed by atoms with E-state index in [0.717, 1.165) is 30.7 Å². The van der Waals surface area contributed by atoms with Crippen LogP contribution in [0.2, 0.25) is 0 Å². The van der Waals surface area contributed by atoms with E-state index in [1.54, 1.807) is 6.20 Å². The summed E-state index contributed by atoms with van der Waals surface area (Å²) in [5.74, 6) is 0.178. The third-order valence-corrected chi connectivity index (χ3v) is 6.34. The standard InChI is InChI=1S/C25H32N2O3/c1-19-14-20(2)16-21(15-19)25(8-12-29-13-9-25)24(28)27(18-23-7-5-11-30-23)17-22-6-3-4-10-26-22/h3-4,6,10,14-16,23H,5,7-9,11-13,17-18H2,1-2H3. The van der Waals surface area contributed by atoms with Crippen molar-refractivity contribution in [2.75, 3.05) is 26.4 Å². The molecule has 4 rings (SSSR count). The van der Waals surface area contributed by atoms with Gasteiger partial charge in [-0.3, -0.25) is 9.78 Å². The zero-order valence-electron chi connectivity index (χ0n) is 18.1. The first kappa shape index (κ1) is 21.0. The highest BCUT2D eigenvalue weighted by molar-refractivity contribution is 5.88. The van der Waals surface area contributed by atoms with Gasteiger partial charge in [-0.05, 0) is 57.2 Å². The van der Waals surface area contributed by atoms with E-state index < -0.39 is 5.41 Å². The van der Waals surface area contributed by atoms with Gasteiger partial charge in [-0.25, -0.2) is 0 Å². The van der Waals surface area contributed by atoms with E-state index in [2.05, 4.69) is 37.0 Å². The van der Waals surface area contributed by atoms with Gasteiger partial charge in [0.05, 0.1) is 23.8 Å². The van der Waals surface area contributed by atoms with Crippen molar-refractivity contribution >= 4 is 5.91 Å². The average molecular weight is 409 g/mol. The van der Waals surface area contributed by atoms with E-state index in [-0.39, 0.29) is 12.0 Å². The summed E-state index contributed by atoms with van der Waals surface area (Å²) in [6.45, 7) is 7.33. The van der Waals surface area contributed by atoms with Crippen molar-refractivity contribution in [3.05, 3.63) is 65.0 Å². The summed E-state index contributed by atoms with van der Waals surface area (Å²) in [6.07, 6.45) is 5.38. The van der Waals surface area contributed by atoms with Gasteiger partial charge in [0.15, 0.2) is 0 Å². The lowest BCUT2D eigenvalue weighted by Gasteiger charge is -2.41. The van der Waals surface area contributed by atoms with E-state index in [1.807, 2.05) is 23.1 Å². The molecule has 2 saturated heterocycles. The first-order valence-electron chi connectivity index (χ1n) is 11.0. The molecule has 1 amide bonds. The second kappa shape index (κ2) is 9.27. The number of hydrogen-bond acceptors (Lipinski definition) is 4. The molecule has 0 saturated carbocycles. The Kier molecular flexibility index (Phi) is 6.49. The Morgan fingerprint density at radius 2 is 1.90 bits per heavy atom. The molecular weight excluding hydrogens is 376 g/mol. The Hall–Kier alpha value is -2.24. The van der Waals surface area contributed by atoms with Gasteiger partial charge in [-0.15, -0.1) is 0 Å². The van der Waals surface area contributed by atoms with Crippen LogP contribution in [0, 0.1) is 13.8 Å². The summed E-state index contributed by atoms with van der Waals surface area (Å²) in [5.41, 5.74) is 3.86. The van der Waals surface area contributed by atoms with Crippen molar-refractivity contribution in [1.29, 1.82) is 0 Å². The highest BCUT2D eigenvalue weighted by atomic mass is 16.5. The minimum absolute atomic E-state index is 0.105. The zero-order chi connectivity index (χ0) is 21.0. The van der Waals surface area contributed by atoms with Crippen molar-refractivity contribution in [3.8, 4) is 0 Å². The van der Waals surface area contributed by atoms with Crippen LogP contribution >= 0.6 is 0 Å². The first-order chi connectivity index (χ1) is 14.6. The van der Waals surface area contributed by atoms with Crippen molar-refractivity contribution in [1.82, 2.24) is 9.88 Å². The van der Waals surface area contributed by atoms with Gasteiger partial charge in [0.25, 0.3) is 0 Å². The Bertz CT molecular complexity index is 836. The predicted octanol–water partition coefficient (Wildman–Crippen LogP) is 3.95. The number of amides is 1. The summed E-state index contributed by atoms with van der Waals surface area (Å²) < 4.78 is 11.6. The van der Waals surface area contributed by atoms with E-state index in [4.69, 9.17) is 9.47 Å². The fourth-order valence-corrected chi connectivity index (χ4v) is 4.84. The van der Waals surface area contributed by atoms with Crippen LogP contribution in [0.4, 0.5) is 0 Å². The topological polar surface area (TPSA) is 51.7 Å². The number of benzene rings is 1. The van der Waals surface area contributed by atoms with Gasteiger partial charge in [0.2, 0.25) is 5.91 Å². The van der Waals surface area contributed by atoms with Gasteiger partial charge in [0, 0.05) is 32.6 Å². The maximum absolute atomic E-state index is 14.2. The molecule has 160 valence electrons. The Labute approximate surface area is 179 Å². The number of ether oxygens (including phenoxy) is 2. The molecule has 30 heavy (non-hydrogen) atoms. The number of rotatable bonds is 6. The minimum atomic E-state index is -0.553. The first-order valence-corrected chi connectivity index (χ1v) is 11.0. The number of hydrogen-bond donors (Lipinski definition) is 0. The SMILES string of the molecule is Cc1cc(C)cc(C2(C(=O)N(Cc3ccccn3)CC3CCCO3)CCOCC2)c1. The number of nitrogens with zero attached hydrogens (tertiary/aromatic N) is 2. The molecule has 1 atom stereocenters. The Balaban J connectivity index is 1.69. The summed E-state index contributed by atoms with van der Waals surface area (Å²) in [6, 6.07) is 12.4. The van der Waals surface area contributed by atoms with Crippen molar-refractivity contribution in [2.24, 2.45) is 0 Å². The molecule has 0 aliphatic carbocycles. The highest BCUT2D eigenvalue weighted by Crippen LogP contribution is 2.38. The Morgan fingerprint density at radius 1 is 1.13 bits per heavy atom. The molecule has 0 bridgehead atoms. The summed E-state index contributed by atoms with van der Waals surface area (Å²) in [7, 11) is 0. The fourth-order valence-electron chi connectivity index (χ4n) is 4.84. The van der Waals surface area contributed by atoms with Gasteiger partial charge >= 0.3 is 0 Å². The summed E-state index contributed by atoms with van der Waals surface area (Å²) in [4.78, 5) is 20.7. The highest BCUT2D eigenvalue weighted by Gasteiger charge is 2.45. The van der Waals surface area contributed by atoms with Crippen LogP contribution in [0.25, 0.3) is 0 Å². The summed E-state index contributed by atoms with van der Waals surface area (Å²) >= 11 is 0. The lowest BCUT2D eigenvalue weighted by Crippen LogP contribution is -2.51. The molecule has 0 spiro atoms. The van der Waals surface area contributed by atoms with Crippen LogP contribution in [0.3, 0.4) is 0 Å². The second-order valence-corrected chi connectivity index (χ2v) is 8.71. The molecule has 5 heteroatoms. The molecule has 1 aromatic carbocycles. The number of carbonyl (C=O) groups is 1. The number of aryl methyl sites for hydroxylation is 2. The zero-order valence-corrected chi connectivity index (χ0v) is 18.1. The van der Waals surface area contributed by atoms with Crippen LogP contribution in [0.5, 0.6) is 0 Å². The van der Waals surface area contributed by atoms with Crippen LogP contribution in [0.15, 0.2) is 42.6 Å². The average Bonchev–Trinajstić information content (AvgIpc) is 3.26. The minimum Gasteiger partial charge on any atom is -0.381 e. The third-order valence-electron chi connectivity index (χ3n) is 6.34. The smallest absolute Gasteiger partial charge is 0.233 e. The van der Waals surface area contributed by atoms with Crippen molar-refractivity contribution < 1.29 is 14.3 Å². The number of pyridine rings is 1. The molecule has 3 heterocycles. The number of aromatic nitrogens is 1. The van der Waals surface area contributed by atoms with Gasteiger partial charge < -0.3 is 14.4 Å². The van der Waals surface area contributed by atoms with Crippen molar-refractivity contribution in [2.45, 2.75) is 57.6 Å². The predicted molar refractivity (Wildman–Crippen MR) is 116 cm³/mol. The number of carbonyl (C=O) groups excluding carboxylic acids is 1. The molecule has 2 fully saturated rings. The van der Waals surface area contributed by atoms with Gasteiger partial charge in [0.1, 0.15) is 0 Å². The molecule has 1 aromatic heterocycles. The van der Waals surface area contributed by atoms with Crippen LogP contribution < -0.4 is 0 Å². The van der Waals surface area contributed by atoms with Crippen molar-refractivity contribution in [3.63, 3.8) is 0 Å².